The molecule has 3 aromatic rings. The maximum Gasteiger partial charge on any atom is 0.332 e. The molecule has 0 aliphatic carbocycles. The highest BCUT2D eigenvalue weighted by Crippen LogP contribution is 2.30. The van der Waals surface area contributed by atoms with Crippen LogP contribution in [0.3, 0.4) is 0 Å². The zero-order chi connectivity index (χ0) is 24.9. The normalized spacial score (nSPS) is 15.5. The van der Waals surface area contributed by atoms with Gasteiger partial charge in [-0.3, -0.25) is 9.59 Å². The van der Waals surface area contributed by atoms with Crippen LogP contribution in [-0.2, 0) is 22.6 Å². The van der Waals surface area contributed by atoms with Gasteiger partial charge in [-0.15, -0.1) is 0 Å². The lowest BCUT2D eigenvalue weighted by molar-refractivity contribution is -0.124. The minimum absolute atomic E-state index is 0.0501. The van der Waals surface area contributed by atoms with Crippen LogP contribution in [0.4, 0.5) is 20.6 Å². The molecule has 1 fully saturated rings. The number of benzene rings is 3. The van der Waals surface area contributed by atoms with E-state index >= 15 is 0 Å². The maximum absolute atomic E-state index is 13.4. The van der Waals surface area contributed by atoms with Crippen molar-refractivity contribution in [2.75, 3.05) is 17.3 Å². The van der Waals surface area contributed by atoms with Crippen LogP contribution in [0.5, 0.6) is 5.75 Å². The molecule has 35 heavy (non-hydrogen) atoms. The van der Waals surface area contributed by atoms with E-state index in [-0.39, 0.29) is 13.0 Å². The molecule has 0 aromatic heterocycles. The molecule has 3 aromatic carbocycles. The summed E-state index contributed by atoms with van der Waals surface area (Å²) in [6.07, 6.45) is 0.660. The highest BCUT2D eigenvalue weighted by Gasteiger charge is 2.46. The second-order valence-electron chi connectivity index (χ2n) is 8.23. The van der Waals surface area contributed by atoms with Gasteiger partial charge in [0.1, 0.15) is 17.6 Å². The molecular weight excluding hydrogens is 449 g/mol. The van der Waals surface area contributed by atoms with Crippen molar-refractivity contribution in [3.63, 3.8) is 0 Å². The highest BCUT2D eigenvalue weighted by atomic mass is 19.1. The molecule has 4 amide bonds. The van der Waals surface area contributed by atoms with Crippen LogP contribution in [0.1, 0.15) is 24.5 Å². The molecule has 0 bridgehead atoms. The Labute approximate surface area is 203 Å². The molecule has 4 rings (SSSR count). The molecule has 1 aliphatic rings. The molecule has 1 N–H and O–H groups in total. The van der Waals surface area contributed by atoms with E-state index in [0.29, 0.717) is 22.7 Å². The summed E-state index contributed by atoms with van der Waals surface area (Å²) >= 11 is 0. The van der Waals surface area contributed by atoms with E-state index in [9.17, 15) is 18.8 Å². The fraction of sp³-hybridized carbons (Fsp3) is 0.222. The van der Waals surface area contributed by atoms with Gasteiger partial charge in [0.05, 0.1) is 19.2 Å². The fourth-order valence-corrected chi connectivity index (χ4v) is 4.00. The second kappa shape index (κ2) is 10.4. The predicted octanol–water partition coefficient (Wildman–Crippen LogP) is 4.76. The van der Waals surface area contributed by atoms with E-state index in [1.165, 1.54) is 24.1 Å². The van der Waals surface area contributed by atoms with Gasteiger partial charge >= 0.3 is 6.03 Å². The lowest BCUT2D eigenvalue weighted by Gasteiger charge is -2.21. The number of anilines is 2. The first-order chi connectivity index (χ1) is 16.9. The molecule has 1 heterocycles. The summed E-state index contributed by atoms with van der Waals surface area (Å²) in [6, 6.07) is 18.2. The van der Waals surface area contributed by atoms with Gasteiger partial charge < -0.3 is 15.0 Å². The fourth-order valence-electron chi connectivity index (χ4n) is 4.00. The summed E-state index contributed by atoms with van der Waals surface area (Å²) in [7, 11) is 1.49. The number of rotatable bonds is 8. The molecule has 0 radical (unpaired) electrons. The number of amides is 4. The molecule has 0 saturated carbocycles. The van der Waals surface area contributed by atoms with E-state index < -0.39 is 29.7 Å². The Bertz CT molecular complexity index is 1230. The van der Waals surface area contributed by atoms with Crippen LogP contribution in [0.25, 0.3) is 0 Å². The first kappa shape index (κ1) is 23.9. The van der Waals surface area contributed by atoms with Crippen molar-refractivity contribution in [2.45, 2.75) is 32.4 Å². The number of aryl methyl sites for hydroxylation is 1. The molecule has 8 heteroatoms. The third-order valence-corrected chi connectivity index (χ3v) is 5.92. The number of imide groups is 1. The van der Waals surface area contributed by atoms with Crippen LogP contribution in [0, 0.1) is 5.82 Å². The highest BCUT2D eigenvalue weighted by molar-refractivity contribution is 6.22. The monoisotopic (exact) mass is 475 g/mol. The number of nitrogens with one attached hydrogen (secondary N) is 1. The van der Waals surface area contributed by atoms with Crippen LogP contribution < -0.4 is 15.0 Å². The number of urea groups is 1. The number of halogens is 1. The van der Waals surface area contributed by atoms with Crippen molar-refractivity contribution < 1.29 is 23.5 Å². The minimum atomic E-state index is -1.02. The smallest absolute Gasteiger partial charge is 0.332 e. The number of carbonyl (C=O) groups excluding carboxylic acids is 3. The zero-order valence-electron chi connectivity index (χ0n) is 19.5. The Morgan fingerprint density at radius 3 is 2.34 bits per heavy atom. The Morgan fingerprint density at radius 1 is 1.00 bits per heavy atom. The molecule has 1 aliphatic heterocycles. The van der Waals surface area contributed by atoms with Gasteiger partial charge in [-0.05, 0) is 53.9 Å². The average molecular weight is 476 g/mol. The summed E-state index contributed by atoms with van der Waals surface area (Å²) in [6.45, 7) is 2.09. The molecule has 1 saturated heterocycles. The minimum Gasteiger partial charge on any atom is -0.497 e. The van der Waals surface area contributed by atoms with Gasteiger partial charge in [-0.25, -0.2) is 14.1 Å². The van der Waals surface area contributed by atoms with Gasteiger partial charge in [0.25, 0.3) is 5.91 Å². The van der Waals surface area contributed by atoms with E-state index in [2.05, 4.69) is 5.32 Å². The SMILES string of the molecule is CCc1ccc(NC(=O)C[C@@H]2C(=O)N(c3cccc(OC)c3)C(=O)N2Cc2ccc(F)cc2)cc1. The number of hydrogen-bond donors (Lipinski definition) is 1. The van der Waals surface area contributed by atoms with E-state index in [4.69, 9.17) is 4.74 Å². The standard InChI is InChI=1S/C27H26FN3O4/c1-3-18-9-13-21(14-10-18)29-25(32)16-24-26(33)31(22-5-4-6-23(15-22)35-2)27(34)30(24)17-19-7-11-20(28)12-8-19/h4-15,24H,3,16-17H2,1-2H3,(H,29,32)/t24-/m1/s1. The summed E-state index contributed by atoms with van der Waals surface area (Å²) in [5.74, 6) is -0.815. The van der Waals surface area contributed by atoms with E-state index in [1.807, 2.05) is 19.1 Å². The molecule has 7 nitrogen and oxygen atoms in total. The number of carbonyl (C=O) groups is 3. The number of ether oxygens (including phenoxy) is 1. The lowest BCUT2D eigenvalue weighted by atomic mass is 10.1. The predicted molar refractivity (Wildman–Crippen MR) is 131 cm³/mol. The Hall–Kier alpha value is -4.20. The first-order valence-electron chi connectivity index (χ1n) is 11.3. The van der Waals surface area contributed by atoms with Crippen molar-refractivity contribution in [3.8, 4) is 5.75 Å². The number of hydrogen-bond acceptors (Lipinski definition) is 4. The van der Waals surface area contributed by atoms with Crippen molar-refractivity contribution in [1.29, 1.82) is 0 Å². The van der Waals surface area contributed by atoms with Crippen molar-refractivity contribution in [1.82, 2.24) is 4.90 Å². The summed E-state index contributed by atoms with van der Waals surface area (Å²) < 4.78 is 18.6. The molecule has 0 spiro atoms. The number of methoxy groups -OCH3 is 1. The third kappa shape index (κ3) is 5.32. The maximum atomic E-state index is 13.4. The Kier molecular flexibility index (Phi) is 7.10. The van der Waals surface area contributed by atoms with E-state index in [0.717, 1.165) is 16.9 Å². The van der Waals surface area contributed by atoms with Crippen molar-refractivity contribution in [2.24, 2.45) is 0 Å². The number of nitrogens with zero attached hydrogens (tertiary/aromatic N) is 2. The van der Waals surface area contributed by atoms with Crippen LogP contribution in [-0.4, -0.2) is 35.9 Å². The topological polar surface area (TPSA) is 79.0 Å². The van der Waals surface area contributed by atoms with Gasteiger partial charge in [-0.2, -0.15) is 0 Å². The summed E-state index contributed by atoms with van der Waals surface area (Å²) in [5.41, 5.74) is 2.74. The molecular formula is C27H26FN3O4. The Balaban J connectivity index is 1.59. The molecule has 1 atom stereocenters. The van der Waals surface area contributed by atoms with Crippen LogP contribution >= 0.6 is 0 Å². The van der Waals surface area contributed by atoms with Gasteiger partial charge in [0.2, 0.25) is 5.91 Å². The zero-order valence-corrected chi connectivity index (χ0v) is 19.5. The quantitative estimate of drug-likeness (QED) is 0.477. The van der Waals surface area contributed by atoms with Crippen molar-refractivity contribution in [3.05, 3.63) is 89.7 Å². The van der Waals surface area contributed by atoms with Crippen LogP contribution in [0.2, 0.25) is 0 Å². The Morgan fingerprint density at radius 2 is 1.69 bits per heavy atom. The first-order valence-corrected chi connectivity index (χ1v) is 11.3. The summed E-state index contributed by atoms with van der Waals surface area (Å²) in [4.78, 5) is 42.1. The molecule has 180 valence electrons. The second-order valence-corrected chi connectivity index (χ2v) is 8.23. The van der Waals surface area contributed by atoms with Crippen molar-refractivity contribution >= 4 is 29.2 Å². The van der Waals surface area contributed by atoms with E-state index in [1.54, 1.807) is 48.5 Å². The van der Waals surface area contributed by atoms with Gasteiger partial charge in [-0.1, -0.05) is 37.3 Å². The van der Waals surface area contributed by atoms with Gasteiger partial charge in [0.15, 0.2) is 0 Å². The van der Waals surface area contributed by atoms with Gasteiger partial charge in [0, 0.05) is 18.3 Å². The summed E-state index contributed by atoms with van der Waals surface area (Å²) in [5, 5.41) is 2.80. The van der Waals surface area contributed by atoms with Crippen LogP contribution in [0.15, 0.2) is 72.8 Å². The third-order valence-electron chi connectivity index (χ3n) is 5.92. The largest absolute Gasteiger partial charge is 0.497 e. The average Bonchev–Trinajstić information content (AvgIpc) is 3.09. The molecule has 0 unspecified atom stereocenters. The lowest BCUT2D eigenvalue weighted by Crippen LogP contribution is -2.37.